The fraction of sp³-hybridized carbons (Fsp3) is 0.278. The van der Waals surface area contributed by atoms with E-state index in [1.165, 1.54) is 11.3 Å². The van der Waals surface area contributed by atoms with E-state index in [1.807, 2.05) is 6.07 Å². The molecule has 1 aliphatic rings. The Bertz CT molecular complexity index is 1020. The van der Waals surface area contributed by atoms with Crippen LogP contribution in [0.3, 0.4) is 0 Å². The second-order valence-electron chi connectivity index (χ2n) is 6.45. The molecular weight excluding hydrogens is 350 g/mol. The normalized spacial score (nSPS) is 13.5. The smallest absolute Gasteiger partial charge is 0.251 e. The fourth-order valence-electron chi connectivity index (χ4n) is 3.43. The molecule has 1 aliphatic carbocycles. The van der Waals surface area contributed by atoms with Crippen LogP contribution in [0.4, 0.5) is 10.7 Å². The van der Waals surface area contributed by atoms with E-state index in [9.17, 15) is 9.59 Å². The van der Waals surface area contributed by atoms with Crippen molar-refractivity contribution in [3.63, 3.8) is 0 Å². The highest BCUT2D eigenvalue weighted by molar-refractivity contribution is 7.17. The summed E-state index contributed by atoms with van der Waals surface area (Å²) in [6.07, 6.45) is 5.60. The third kappa shape index (κ3) is 2.92. The number of nitrogens with one attached hydrogen (secondary N) is 1. The number of benzene rings is 1. The maximum absolute atomic E-state index is 12.5. The van der Waals surface area contributed by atoms with Gasteiger partial charge in [0.15, 0.2) is 0 Å². The van der Waals surface area contributed by atoms with Crippen molar-refractivity contribution in [2.45, 2.75) is 32.2 Å². The lowest BCUT2D eigenvalue weighted by molar-refractivity contribution is -0.116. The van der Waals surface area contributed by atoms with Gasteiger partial charge in [-0.25, -0.2) is 0 Å². The molecule has 0 radical (unpaired) electrons. The third-order valence-corrected chi connectivity index (χ3v) is 5.84. The van der Waals surface area contributed by atoms with Gasteiger partial charge >= 0.3 is 0 Å². The number of aryl methyl sites for hydroxylation is 1. The lowest BCUT2D eigenvalue weighted by Crippen LogP contribution is -2.22. The summed E-state index contributed by atoms with van der Waals surface area (Å²) < 4.78 is 1.60. The van der Waals surface area contributed by atoms with Crippen LogP contribution in [0.2, 0.25) is 0 Å². The van der Waals surface area contributed by atoms with Gasteiger partial charge in [-0.3, -0.25) is 14.3 Å². The highest BCUT2D eigenvalue weighted by Gasteiger charge is 2.25. The molecule has 0 spiro atoms. The lowest BCUT2D eigenvalue weighted by Gasteiger charge is -2.11. The molecular formula is C18H19N5O2S. The Hall–Kier alpha value is -2.87. The van der Waals surface area contributed by atoms with E-state index < -0.39 is 5.91 Å². The molecule has 3 aromatic rings. The van der Waals surface area contributed by atoms with Crippen molar-refractivity contribution < 1.29 is 9.59 Å². The second-order valence-corrected chi connectivity index (χ2v) is 7.55. The van der Waals surface area contributed by atoms with Crippen LogP contribution in [0.25, 0.3) is 10.9 Å². The molecule has 0 unspecified atom stereocenters. The van der Waals surface area contributed by atoms with Crippen LogP contribution in [0, 0.1) is 0 Å². The minimum atomic E-state index is -0.489. The molecule has 0 aliphatic heterocycles. The van der Waals surface area contributed by atoms with Crippen molar-refractivity contribution in [2.24, 2.45) is 5.73 Å². The monoisotopic (exact) mass is 369 g/mol. The minimum Gasteiger partial charge on any atom is -0.399 e. The third-order valence-electron chi connectivity index (χ3n) is 4.63. The SMILES string of the molecule is NC(=O)c1c(NC(=O)Cn2ncc3ccc(N)cc32)sc2c1CCCC2. The fourth-order valence-corrected chi connectivity index (χ4v) is 4.74. The number of thiophene rings is 1. The summed E-state index contributed by atoms with van der Waals surface area (Å²) in [6, 6.07) is 5.45. The van der Waals surface area contributed by atoms with Gasteiger partial charge in [-0.2, -0.15) is 5.10 Å². The molecule has 0 bridgehead atoms. The Morgan fingerprint density at radius 2 is 2.08 bits per heavy atom. The summed E-state index contributed by atoms with van der Waals surface area (Å²) in [4.78, 5) is 25.6. The first-order valence-corrected chi connectivity index (χ1v) is 9.30. The summed E-state index contributed by atoms with van der Waals surface area (Å²) in [5.74, 6) is -0.740. The molecule has 2 aromatic heterocycles. The van der Waals surface area contributed by atoms with Crippen molar-refractivity contribution in [2.75, 3.05) is 11.1 Å². The first kappa shape index (κ1) is 16.6. The van der Waals surface area contributed by atoms with Crippen molar-refractivity contribution in [3.05, 3.63) is 40.4 Å². The largest absolute Gasteiger partial charge is 0.399 e. The van der Waals surface area contributed by atoms with Gasteiger partial charge in [0.2, 0.25) is 5.91 Å². The number of anilines is 2. The average Bonchev–Trinajstić information content (AvgIpc) is 3.15. The first-order chi connectivity index (χ1) is 12.5. The van der Waals surface area contributed by atoms with Crippen molar-refractivity contribution in [3.8, 4) is 0 Å². The van der Waals surface area contributed by atoms with Crippen LogP contribution in [-0.2, 0) is 24.2 Å². The van der Waals surface area contributed by atoms with Gasteiger partial charge in [-0.1, -0.05) is 0 Å². The topological polar surface area (TPSA) is 116 Å². The Labute approximate surface area is 154 Å². The number of aromatic nitrogens is 2. The number of rotatable bonds is 4. The highest BCUT2D eigenvalue weighted by atomic mass is 32.1. The van der Waals surface area contributed by atoms with Gasteiger partial charge < -0.3 is 16.8 Å². The number of primary amides is 1. The number of fused-ring (bicyclic) bond motifs is 2. The van der Waals surface area contributed by atoms with Gasteiger partial charge in [0, 0.05) is 16.0 Å². The molecule has 0 atom stereocenters. The summed E-state index contributed by atoms with van der Waals surface area (Å²) in [6.45, 7) is 0.0354. The predicted molar refractivity (Wildman–Crippen MR) is 102 cm³/mol. The van der Waals surface area contributed by atoms with E-state index in [-0.39, 0.29) is 12.5 Å². The maximum Gasteiger partial charge on any atom is 0.251 e. The standard InChI is InChI=1S/C18H19N5O2S/c19-11-6-5-10-8-21-23(13(10)7-11)9-15(24)22-18-16(17(20)25)12-3-1-2-4-14(12)26-18/h5-8H,1-4,9,19H2,(H2,20,25)(H,22,24). The Morgan fingerprint density at radius 1 is 1.27 bits per heavy atom. The summed E-state index contributed by atoms with van der Waals surface area (Å²) in [5, 5.41) is 8.57. The molecule has 26 heavy (non-hydrogen) atoms. The predicted octanol–water partition coefficient (Wildman–Crippen LogP) is 2.30. The quantitative estimate of drug-likeness (QED) is 0.612. The van der Waals surface area contributed by atoms with Gasteiger partial charge in [0.25, 0.3) is 5.91 Å². The van der Waals surface area contributed by atoms with Gasteiger partial charge in [0.1, 0.15) is 11.5 Å². The molecule has 5 N–H and O–H groups in total. The molecule has 0 fully saturated rings. The molecule has 1 aromatic carbocycles. The van der Waals surface area contributed by atoms with E-state index in [0.29, 0.717) is 16.3 Å². The first-order valence-electron chi connectivity index (χ1n) is 8.48. The molecule has 2 amide bonds. The Morgan fingerprint density at radius 3 is 2.88 bits per heavy atom. The number of carbonyl (C=O) groups is 2. The van der Waals surface area contributed by atoms with Crippen LogP contribution in [0.15, 0.2) is 24.4 Å². The van der Waals surface area contributed by atoms with Gasteiger partial charge in [0.05, 0.1) is 17.3 Å². The zero-order valence-electron chi connectivity index (χ0n) is 14.1. The maximum atomic E-state index is 12.5. The zero-order chi connectivity index (χ0) is 18.3. The van der Waals surface area contributed by atoms with Crippen molar-refractivity contribution in [1.82, 2.24) is 9.78 Å². The van der Waals surface area contributed by atoms with Gasteiger partial charge in [-0.15, -0.1) is 11.3 Å². The van der Waals surface area contributed by atoms with Crippen LogP contribution >= 0.6 is 11.3 Å². The molecule has 4 rings (SSSR count). The minimum absolute atomic E-state index is 0.0354. The van der Waals surface area contributed by atoms with Crippen molar-refractivity contribution >= 4 is 44.7 Å². The van der Waals surface area contributed by atoms with E-state index in [1.54, 1.807) is 23.0 Å². The molecule has 0 saturated carbocycles. The summed E-state index contributed by atoms with van der Waals surface area (Å²) in [5.41, 5.74) is 14.3. The van der Waals surface area contributed by atoms with Crippen LogP contribution < -0.4 is 16.8 Å². The molecule has 7 nitrogen and oxygen atoms in total. The van der Waals surface area contributed by atoms with E-state index in [4.69, 9.17) is 11.5 Å². The number of hydrogen-bond acceptors (Lipinski definition) is 5. The van der Waals surface area contributed by atoms with Crippen LogP contribution in [-0.4, -0.2) is 21.6 Å². The second kappa shape index (κ2) is 6.45. The molecule has 134 valence electrons. The number of carbonyl (C=O) groups excluding carboxylic acids is 2. The zero-order valence-corrected chi connectivity index (χ0v) is 14.9. The van der Waals surface area contributed by atoms with Crippen LogP contribution in [0.1, 0.15) is 33.6 Å². The highest BCUT2D eigenvalue weighted by Crippen LogP contribution is 2.37. The van der Waals surface area contributed by atoms with E-state index in [2.05, 4.69) is 10.4 Å². The average molecular weight is 369 g/mol. The summed E-state index contributed by atoms with van der Waals surface area (Å²) >= 11 is 1.45. The number of nitrogens with two attached hydrogens (primary N) is 2. The molecule has 8 heteroatoms. The van der Waals surface area contributed by atoms with E-state index >= 15 is 0 Å². The Balaban J connectivity index is 1.59. The van der Waals surface area contributed by atoms with Crippen molar-refractivity contribution in [1.29, 1.82) is 0 Å². The summed E-state index contributed by atoms with van der Waals surface area (Å²) in [7, 11) is 0. The van der Waals surface area contributed by atoms with Gasteiger partial charge in [-0.05, 0) is 49.4 Å². The van der Waals surface area contributed by atoms with E-state index in [0.717, 1.165) is 47.0 Å². The number of nitrogens with zero attached hydrogens (tertiary/aromatic N) is 2. The molecule has 0 saturated heterocycles. The van der Waals surface area contributed by atoms with Crippen LogP contribution in [0.5, 0.6) is 0 Å². The molecule has 2 heterocycles. The Kier molecular flexibility index (Phi) is 4.12. The number of amides is 2. The lowest BCUT2D eigenvalue weighted by atomic mass is 9.95. The number of hydrogen-bond donors (Lipinski definition) is 3. The number of nitrogen functional groups attached to an aromatic ring is 1.